The standard InChI is InChI=1S/C21H24N2O4/c1-25-18-8-6-17(7-9-18)10-11-22-21(24)16-23(14-19-4-2-12-26-19)15-20-5-3-13-27-20/h2-9,12-13H,10-11,14-16H2,1H3,(H,22,24). The Balaban J connectivity index is 1.48. The van der Waals surface area contributed by atoms with Crippen LogP contribution >= 0.6 is 0 Å². The monoisotopic (exact) mass is 368 g/mol. The first kappa shape index (κ1) is 18.8. The van der Waals surface area contributed by atoms with E-state index in [0.717, 1.165) is 29.3 Å². The second-order valence-corrected chi connectivity index (χ2v) is 6.25. The maximum absolute atomic E-state index is 12.4. The summed E-state index contributed by atoms with van der Waals surface area (Å²) in [5, 5.41) is 2.98. The molecule has 0 saturated carbocycles. The van der Waals surface area contributed by atoms with Gasteiger partial charge in [0.05, 0.1) is 39.3 Å². The van der Waals surface area contributed by atoms with Gasteiger partial charge in [-0.3, -0.25) is 9.69 Å². The topological polar surface area (TPSA) is 67.8 Å². The van der Waals surface area contributed by atoms with Crippen LogP contribution in [0, 0.1) is 0 Å². The van der Waals surface area contributed by atoms with Crippen molar-refractivity contribution in [1.29, 1.82) is 0 Å². The lowest BCUT2D eigenvalue weighted by Gasteiger charge is -2.19. The fourth-order valence-corrected chi connectivity index (χ4v) is 2.81. The van der Waals surface area contributed by atoms with E-state index in [2.05, 4.69) is 5.32 Å². The Hall–Kier alpha value is -2.99. The van der Waals surface area contributed by atoms with Crippen LogP contribution in [0.5, 0.6) is 5.75 Å². The van der Waals surface area contributed by atoms with Gasteiger partial charge in [-0.25, -0.2) is 0 Å². The van der Waals surface area contributed by atoms with Crippen molar-refractivity contribution in [3.63, 3.8) is 0 Å². The van der Waals surface area contributed by atoms with Gasteiger partial charge in [-0.15, -0.1) is 0 Å². The van der Waals surface area contributed by atoms with E-state index in [4.69, 9.17) is 13.6 Å². The normalized spacial score (nSPS) is 10.9. The van der Waals surface area contributed by atoms with E-state index in [-0.39, 0.29) is 12.5 Å². The van der Waals surface area contributed by atoms with Crippen LogP contribution in [0.2, 0.25) is 0 Å². The number of benzene rings is 1. The number of methoxy groups -OCH3 is 1. The van der Waals surface area contributed by atoms with Gasteiger partial charge in [-0.05, 0) is 48.4 Å². The molecule has 3 aromatic rings. The highest BCUT2D eigenvalue weighted by molar-refractivity contribution is 5.78. The Labute approximate surface area is 158 Å². The van der Waals surface area contributed by atoms with Crippen molar-refractivity contribution < 1.29 is 18.4 Å². The zero-order chi connectivity index (χ0) is 18.9. The van der Waals surface area contributed by atoms with E-state index in [1.807, 2.05) is 53.4 Å². The van der Waals surface area contributed by atoms with Crippen molar-refractivity contribution in [2.75, 3.05) is 20.2 Å². The third-order valence-corrected chi connectivity index (χ3v) is 4.18. The lowest BCUT2D eigenvalue weighted by Crippen LogP contribution is -2.37. The quantitative estimate of drug-likeness (QED) is 0.595. The fourth-order valence-electron chi connectivity index (χ4n) is 2.81. The Morgan fingerprint density at radius 1 is 1.00 bits per heavy atom. The molecule has 0 radical (unpaired) electrons. The number of ether oxygens (including phenoxy) is 1. The van der Waals surface area contributed by atoms with E-state index < -0.39 is 0 Å². The van der Waals surface area contributed by atoms with E-state index in [1.165, 1.54) is 0 Å². The molecule has 0 unspecified atom stereocenters. The number of nitrogens with one attached hydrogen (secondary N) is 1. The second kappa shape index (κ2) is 9.64. The highest BCUT2D eigenvalue weighted by Gasteiger charge is 2.14. The zero-order valence-electron chi connectivity index (χ0n) is 15.4. The average molecular weight is 368 g/mol. The van der Waals surface area contributed by atoms with Gasteiger partial charge in [0, 0.05) is 6.54 Å². The SMILES string of the molecule is COc1ccc(CCNC(=O)CN(Cc2ccco2)Cc2ccco2)cc1. The van der Waals surface area contributed by atoms with Crippen LogP contribution in [0.1, 0.15) is 17.1 Å². The summed E-state index contributed by atoms with van der Waals surface area (Å²) in [4.78, 5) is 14.4. The van der Waals surface area contributed by atoms with Gasteiger partial charge in [-0.2, -0.15) is 0 Å². The van der Waals surface area contributed by atoms with Crippen LogP contribution in [0.3, 0.4) is 0 Å². The summed E-state index contributed by atoms with van der Waals surface area (Å²) in [7, 11) is 1.65. The van der Waals surface area contributed by atoms with Gasteiger partial charge in [0.25, 0.3) is 0 Å². The van der Waals surface area contributed by atoms with Gasteiger partial charge in [0.2, 0.25) is 5.91 Å². The summed E-state index contributed by atoms with van der Waals surface area (Å²) in [6.07, 6.45) is 4.04. The molecule has 1 aromatic carbocycles. The largest absolute Gasteiger partial charge is 0.497 e. The number of rotatable bonds is 10. The molecule has 0 aliphatic heterocycles. The van der Waals surface area contributed by atoms with Crippen LogP contribution in [0.4, 0.5) is 0 Å². The summed E-state index contributed by atoms with van der Waals surface area (Å²) in [6, 6.07) is 15.3. The molecule has 0 saturated heterocycles. The van der Waals surface area contributed by atoms with Crippen LogP contribution < -0.4 is 10.1 Å². The Kier molecular flexibility index (Phi) is 6.71. The molecule has 2 aromatic heterocycles. The first-order valence-corrected chi connectivity index (χ1v) is 8.89. The maximum Gasteiger partial charge on any atom is 0.234 e. The van der Waals surface area contributed by atoms with Gasteiger partial charge >= 0.3 is 0 Å². The Morgan fingerprint density at radius 3 is 2.15 bits per heavy atom. The summed E-state index contributed by atoms with van der Waals surface area (Å²) >= 11 is 0. The molecule has 0 bridgehead atoms. The van der Waals surface area contributed by atoms with Crippen molar-refractivity contribution in [3.8, 4) is 5.75 Å². The molecule has 2 heterocycles. The molecular weight excluding hydrogens is 344 g/mol. The van der Waals surface area contributed by atoms with Crippen molar-refractivity contribution >= 4 is 5.91 Å². The molecule has 142 valence electrons. The molecule has 6 nitrogen and oxygen atoms in total. The summed E-state index contributed by atoms with van der Waals surface area (Å²) < 4.78 is 16.0. The van der Waals surface area contributed by atoms with E-state index in [1.54, 1.807) is 19.6 Å². The van der Waals surface area contributed by atoms with Crippen molar-refractivity contribution in [3.05, 3.63) is 78.1 Å². The molecule has 0 atom stereocenters. The van der Waals surface area contributed by atoms with Gasteiger partial charge in [0.15, 0.2) is 0 Å². The zero-order valence-corrected chi connectivity index (χ0v) is 15.4. The third-order valence-electron chi connectivity index (χ3n) is 4.18. The minimum atomic E-state index is -0.0263. The molecule has 1 N–H and O–H groups in total. The number of nitrogens with zero attached hydrogens (tertiary/aromatic N) is 1. The summed E-state index contributed by atoms with van der Waals surface area (Å²) in [5.41, 5.74) is 1.15. The van der Waals surface area contributed by atoms with Gasteiger partial charge in [-0.1, -0.05) is 12.1 Å². The first-order chi connectivity index (χ1) is 13.2. The third kappa shape index (κ3) is 6.04. The van der Waals surface area contributed by atoms with E-state index in [0.29, 0.717) is 19.6 Å². The van der Waals surface area contributed by atoms with Crippen LogP contribution in [-0.2, 0) is 24.3 Å². The molecule has 1 amide bonds. The molecule has 0 fully saturated rings. The van der Waals surface area contributed by atoms with Crippen LogP contribution in [-0.4, -0.2) is 31.0 Å². The lowest BCUT2D eigenvalue weighted by molar-refractivity contribution is -0.122. The molecule has 27 heavy (non-hydrogen) atoms. The van der Waals surface area contributed by atoms with E-state index >= 15 is 0 Å². The minimum absolute atomic E-state index is 0.0263. The number of hydrogen-bond acceptors (Lipinski definition) is 5. The van der Waals surface area contributed by atoms with Crippen molar-refractivity contribution in [2.24, 2.45) is 0 Å². The fraction of sp³-hybridized carbons (Fsp3) is 0.286. The minimum Gasteiger partial charge on any atom is -0.497 e. The number of carbonyl (C=O) groups excluding carboxylic acids is 1. The van der Waals surface area contributed by atoms with Gasteiger partial charge < -0.3 is 18.9 Å². The van der Waals surface area contributed by atoms with Crippen LogP contribution in [0.15, 0.2) is 69.9 Å². The molecule has 0 aliphatic rings. The molecule has 0 aliphatic carbocycles. The van der Waals surface area contributed by atoms with E-state index in [9.17, 15) is 4.79 Å². The highest BCUT2D eigenvalue weighted by Crippen LogP contribution is 2.12. The lowest BCUT2D eigenvalue weighted by atomic mass is 10.1. The van der Waals surface area contributed by atoms with Crippen molar-refractivity contribution in [2.45, 2.75) is 19.5 Å². The summed E-state index contributed by atoms with van der Waals surface area (Å²) in [6.45, 7) is 1.93. The number of carbonyl (C=O) groups is 1. The second-order valence-electron chi connectivity index (χ2n) is 6.25. The first-order valence-electron chi connectivity index (χ1n) is 8.89. The molecule has 0 spiro atoms. The van der Waals surface area contributed by atoms with Crippen LogP contribution in [0.25, 0.3) is 0 Å². The number of amides is 1. The predicted octanol–water partition coefficient (Wildman–Crippen LogP) is 3.24. The summed E-state index contributed by atoms with van der Waals surface area (Å²) in [5.74, 6) is 2.43. The molecule has 6 heteroatoms. The predicted molar refractivity (Wildman–Crippen MR) is 101 cm³/mol. The smallest absolute Gasteiger partial charge is 0.234 e. The average Bonchev–Trinajstić information content (AvgIpc) is 3.36. The Morgan fingerprint density at radius 2 is 1.63 bits per heavy atom. The molecule has 3 rings (SSSR count). The number of furan rings is 2. The maximum atomic E-state index is 12.4. The Bertz CT molecular complexity index is 759. The van der Waals surface area contributed by atoms with Crippen molar-refractivity contribution in [1.82, 2.24) is 10.2 Å². The molecular formula is C21H24N2O4. The number of hydrogen-bond donors (Lipinski definition) is 1. The van der Waals surface area contributed by atoms with Gasteiger partial charge in [0.1, 0.15) is 17.3 Å². The highest BCUT2D eigenvalue weighted by atomic mass is 16.5.